The van der Waals surface area contributed by atoms with Crippen LogP contribution in [-0.2, 0) is 0 Å². The minimum atomic E-state index is -0.962. The van der Waals surface area contributed by atoms with E-state index in [1.165, 1.54) is 6.92 Å². The van der Waals surface area contributed by atoms with E-state index >= 15 is 0 Å². The zero-order valence-corrected chi connectivity index (χ0v) is 9.66. The molecule has 1 aromatic carbocycles. The van der Waals surface area contributed by atoms with Gasteiger partial charge >= 0.3 is 0 Å². The fourth-order valence-electron chi connectivity index (χ4n) is 2.29. The summed E-state index contributed by atoms with van der Waals surface area (Å²) in [4.78, 5) is 0. The molecule has 0 saturated carbocycles. The van der Waals surface area contributed by atoms with Gasteiger partial charge in [0.05, 0.1) is 13.1 Å². The Kier molecular flexibility index (Phi) is 3.26. The van der Waals surface area contributed by atoms with Crippen LogP contribution < -0.4 is 4.65 Å². The maximum Gasteiger partial charge on any atom is 0.132 e. The molecule has 88 valence electrons. The van der Waals surface area contributed by atoms with Crippen LogP contribution >= 0.6 is 0 Å². The van der Waals surface area contributed by atoms with Gasteiger partial charge in [-0.25, -0.2) is 4.39 Å². The van der Waals surface area contributed by atoms with Crippen LogP contribution in [0.5, 0.6) is 0 Å². The number of piperidine rings is 1. The van der Waals surface area contributed by atoms with Crippen LogP contribution in [0.1, 0.15) is 37.9 Å². The highest BCUT2D eigenvalue weighted by Crippen LogP contribution is 2.29. The highest BCUT2D eigenvalue weighted by atomic mass is 19.1. The minimum absolute atomic E-state index is 0.235. The lowest BCUT2D eigenvalue weighted by Crippen LogP contribution is -2.47. The fourth-order valence-corrected chi connectivity index (χ4v) is 2.29. The van der Waals surface area contributed by atoms with Gasteiger partial charge in [-0.05, 0) is 43.9 Å². The van der Waals surface area contributed by atoms with Crippen LogP contribution in [0.4, 0.5) is 10.1 Å². The Bertz CT molecular complexity index is 341. The second kappa shape index (κ2) is 4.52. The van der Waals surface area contributed by atoms with Gasteiger partial charge in [-0.15, -0.1) is 0 Å². The second-order valence-corrected chi connectivity index (χ2v) is 4.60. The first kappa shape index (κ1) is 11.6. The van der Waals surface area contributed by atoms with Gasteiger partial charge in [-0.1, -0.05) is 12.1 Å². The molecule has 0 aromatic heterocycles. The number of hydrogen-bond acceptors (Lipinski definition) is 1. The van der Waals surface area contributed by atoms with E-state index in [-0.39, 0.29) is 4.65 Å². The largest absolute Gasteiger partial charge is 0.627 e. The van der Waals surface area contributed by atoms with Gasteiger partial charge in [0, 0.05) is 0 Å². The zero-order chi connectivity index (χ0) is 11.6. The third kappa shape index (κ3) is 2.25. The molecule has 2 nitrogen and oxygen atoms in total. The quantitative estimate of drug-likeness (QED) is 0.553. The van der Waals surface area contributed by atoms with E-state index in [1.54, 1.807) is 24.3 Å². The molecule has 16 heavy (non-hydrogen) atoms. The van der Waals surface area contributed by atoms with Crippen LogP contribution in [0, 0.1) is 5.21 Å². The SMILES string of the molecule is CC(F)c1ccc([N+]2([O-])CCCCC2)cc1. The molecule has 1 aliphatic rings. The number of hydroxylamine groups is 2. The van der Waals surface area contributed by atoms with E-state index in [0.29, 0.717) is 18.7 Å². The van der Waals surface area contributed by atoms with E-state index < -0.39 is 6.17 Å². The summed E-state index contributed by atoms with van der Waals surface area (Å²) in [5.74, 6) is 0. The Balaban J connectivity index is 2.20. The predicted molar refractivity (Wildman–Crippen MR) is 64.7 cm³/mol. The molecule has 0 spiro atoms. The summed E-state index contributed by atoms with van der Waals surface area (Å²) >= 11 is 0. The van der Waals surface area contributed by atoms with Crippen LogP contribution in [-0.4, -0.2) is 13.1 Å². The number of nitrogens with zero attached hydrogens (tertiary/aromatic N) is 1. The van der Waals surface area contributed by atoms with Crippen molar-refractivity contribution in [2.75, 3.05) is 13.1 Å². The zero-order valence-electron chi connectivity index (χ0n) is 9.66. The van der Waals surface area contributed by atoms with Crippen molar-refractivity contribution in [2.45, 2.75) is 32.4 Å². The van der Waals surface area contributed by atoms with E-state index in [2.05, 4.69) is 0 Å². The standard InChI is InChI=1S/C13H18FNO/c1-11(14)12-5-7-13(8-6-12)15(16)9-3-2-4-10-15/h5-8,11H,2-4,9-10H2,1H3. The summed E-state index contributed by atoms with van der Waals surface area (Å²) in [5, 5.41) is 12.4. The Morgan fingerprint density at radius 1 is 1.12 bits per heavy atom. The first-order chi connectivity index (χ1) is 7.62. The van der Waals surface area contributed by atoms with Gasteiger partial charge in [-0.2, -0.15) is 0 Å². The Morgan fingerprint density at radius 2 is 1.69 bits per heavy atom. The summed E-state index contributed by atoms with van der Waals surface area (Å²) in [6.45, 7) is 2.83. The lowest BCUT2D eigenvalue weighted by atomic mass is 10.1. The van der Waals surface area contributed by atoms with Gasteiger partial charge in [0.1, 0.15) is 11.9 Å². The predicted octanol–water partition coefficient (Wildman–Crippen LogP) is 3.71. The summed E-state index contributed by atoms with van der Waals surface area (Å²) in [6.07, 6.45) is 2.17. The lowest BCUT2D eigenvalue weighted by molar-refractivity contribution is 0.306. The van der Waals surface area contributed by atoms with Crippen molar-refractivity contribution < 1.29 is 4.39 Å². The number of rotatable bonds is 2. The molecule has 1 aromatic rings. The van der Waals surface area contributed by atoms with Crippen LogP contribution in [0.3, 0.4) is 0 Å². The van der Waals surface area contributed by atoms with E-state index in [1.807, 2.05) is 0 Å². The number of hydrogen-bond donors (Lipinski definition) is 0. The molecule has 3 heteroatoms. The highest BCUT2D eigenvalue weighted by Gasteiger charge is 2.23. The summed E-state index contributed by atoms with van der Waals surface area (Å²) in [5.41, 5.74) is 1.41. The molecule has 0 bridgehead atoms. The third-order valence-electron chi connectivity index (χ3n) is 3.36. The average molecular weight is 223 g/mol. The molecule has 1 fully saturated rings. The van der Waals surface area contributed by atoms with E-state index in [0.717, 1.165) is 24.9 Å². The molecular formula is C13H18FNO. The van der Waals surface area contributed by atoms with Crippen LogP contribution in [0.15, 0.2) is 24.3 Å². The van der Waals surface area contributed by atoms with E-state index in [9.17, 15) is 9.60 Å². The van der Waals surface area contributed by atoms with Gasteiger partial charge in [0.15, 0.2) is 0 Å². The van der Waals surface area contributed by atoms with Crippen molar-refractivity contribution in [1.82, 2.24) is 4.65 Å². The van der Waals surface area contributed by atoms with E-state index in [4.69, 9.17) is 0 Å². The van der Waals surface area contributed by atoms with Gasteiger partial charge in [-0.3, -0.25) is 0 Å². The van der Waals surface area contributed by atoms with Crippen LogP contribution in [0.2, 0.25) is 0 Å². The van der Waals surface area contributed by atoms with Crippen molar-refractivity contribution in [2.24, 2.45) is 0 Å². The maximum absolute atomic E-state index is 13.0. The molecule has 2 rings (SSSR count). The topological polar surface area (TPSA) is 23.1 Å². The molecule has 1 saturated heterocycles. The van der Waals surface area contributed by atoms with Crippen molar-refractivity contribution in [1.29, 1.82) is 0 Å². The van der Waals surface area contributed by atoms with Crippen molar-refractivity contribution in [3.63, 3.8) is 0 Å². The first-order valence-electron chi connectivity index (χ1n) is 5.94. The molecular weight excluding hydrogens is 205 g/mol. The number of alkyl halides is 1. The van der Waals surface area contributed by atoms with Gasteiger partial charge < -0.3 is 9.85 Å². The lowest BCUT2D eigenvalue weighted by Gasteiger charge is -2.44. The van der Waals surface area contributed by atoms with Crippen LogP contribution in [0.25, 0.3) is 0 Å². The summed E-state index contributed by atoms with van der Waals surface area (Å²) < 4.78 is 12.8. The normalized spacial score (nSPS) is 21.7. The molecule has 0 N–H and O–H groups in total. The fraction of sp³-hybridized carbons (Fsp3) is 0.538. The number of halogens is 1. The number of benzene rings is 1. The molecule has 1 atom stereocenters. The Morgan fingerprint density at radius 3 is 2.19 bits per heavy atom. The van der Waals surface area contributed by atoms with Crippen molar-refractivity contribution in [3.05, 3.63) is 35.0 Å². The maximum atomic E-state index is 13.0. The minimum Gasteiger partial charge on any atom is -0.627 e. The molecule has 0 aliphatic carbocycles. The van der Waals surface area contributed by atoms with Crippen molar-refractivity contribution >= 4 is 5.69 Å². The third-order valence-corrected chi connectivity index (χ3v) is 3.36. The molecule has 0 amide bonds. The van der Waals surface area contributed by atoms with Gasteiger partial charge in [0.2, 0.25) is 0 Å². The Labute approximate surface area is 95.9 Å². The molecule has 1 heterocycles. The summed E-state index contributed by atoms with van der Waals surface area (Å²) in [7, 11) is 0. The highest BCUT2D eigenvalue weighted by molar-refractivity contribution is 5.45. The summed E-state index contributed by atoms with van der Waals surface area (Å²) in [6, 6.07) is 7.02. The average Bonchev–Trinajstić information content (AvgIpc) is 2.30. The van der Waals surface area contributed by atoms with Gasteiger partial charge in [0.25, 0.3) is 0 Å². The van der Waals surface area contributed by atoms with Crippen molar-refractivity contribution in [3.8, 4) is 0 Å². The first-order valence-corrected chi connectivity index (χ1v) is 5.94. The molecule has 0 radical (unpaired) electrons. The molecule has 1 aliphatic heterocycles. The molecule has 1 unspecified atom stereocenters. The Hall–Kier alpha value is -0.930. The second-order valence-electron chi connectivity index (χ2n) is 4.60. The monoisotopic (exact) mass is 223 g/mol. The smallest absolute Gasteiger partial charge is 0.132 e. The number of quaternary nitrogens is 1.